The minimum absolute atomic E-state index is 0.253. The molecular weight excluding hydrogens is 192 g/mol. The van der Waals surface area contributed by atoms with Gasteiger partial charge in [0.25, 0.3) is 0 Å². The largest absolute Gasteiger partial charge is 0.481 e. The summed E-state index contributed by atoms with van der Waals surface area (Å²) < 4.78 is 5.58. The molecule has 0 spiro atoms. The molecule has 1 heterocycles. The van der Waals surface area contributed by atoms with Crippen LogP contribution in [0.2, 0.25) is 0 Å². The topological polar surface area (TPSA) is 50.4 Å². The molecule has 0 amide bonds. The second kappa shape index (κ2) is 6.27. The van der Waals surface area contributed by atoms with E-state index in [-0.39, 0.29) is 6.42 Å². The summed E-state index contributed by atoms with van der Waals surface area (Å²) in [7, 11) is 0. The molecule has 1 N–H and O–H groups in total. The van der Waals surface area contributed by atoms with Gasteiger partial charge in [0.15, 0.2) is 0 Å². The number of aryl methyl sites for hydroxylation is 2. The summed E-state index contributed by atoms with van der Waals surface area (Å²) in [6, 6.07) is 4.00. The van der Waals surface area contributed by atoms with E-state index < -0.39 is 5.97 Å². The monoisotopic (exact) mass is 210 g/mol. The quantitative estimate of drug-likeness (QED) is 0.704. The molecule has 0 aliphatic rings. The van der Waals surface area contributed by atoms with Crippen LogP contribution in [0.15, 0.2) is 16.5 Å². The normalized spacial score (nSPS) is 10.5. The number of carboxylic acid groups (broad SMARTS) is 1. The van der Waals surface area contributed by atoms with Crippen LogP contribution >= 0.6 is 0 Å². The molecule has 0 saturated carbocycles. The first kappa shape index (κ1) is 11.8. The minimum Gasteiger partial charge on any atom is -0.481 e. The van der Waals surface area contributed by atoms with Crippen LogP contribution < -0.4 is 0 Å². The Morgan fingerprint density at radius 3 is 2.53 bits per heavy atom. The summed E-state index contributed by atoms with van der Waals surface area (Å²) in [5, 5.41) is 8.46. The molecule has 0 saturated heterocycles. The van der Waals surface area contributed by atoms with Gasteiger partial charge < -0.3 is 9.52 Å². The summed E-state index contributed by atoms with van der Waals surface area (Å²) in [4.78, 5) is 10.3. The van der Waals surface area contributed by atoms with Crippen molar-refractivity contribution in [3.05, 3.63) is 23.7 Å². The van der Waals surface area contributed by atoms with Crippen molar-refractivity contribution in [1.29, 1.82) is 0 Å². The predicted molar refractivity (Wildman–Crippen MR) is 57.9 cm³/mol. The van der Waals surface area contributed by atoms with Gasteiger partial charge in [-0.3, -0.25) is 4.79 Å². The van der Waals surface area contributed by atoms with Crippen LogP contribution in [0.25, 0.3) is 0 Å². The average Bonchev–Trinajstić information content (AvgIpc) is 2.61. The molecule has 0 fully saturated rings. The van der Waals surface area contributed by atoms with Crippen LogP contribution in [0.4, 0.5) is 0 Å². The van der Waals surface area contributed by atoms with Crippen LogP contribution in [0.1, 0.15) is 44.1 Å². The van der Waals surface area contributed by atoms with Crippen LogP contribution in [0, 0.1) is 0 Å². The number of aliphatic carboxylic acids is 1. The molecule has 3 heteroatoms. The highest BCUT2D eigenvalue weighted by Crippen LogP contribution is 2.13. The molecule has 0 aromatic carbocycles. The Labute approximate surface area is 90.1 Å². The molecule has 3 nitrogen and oxygen atoms in total. The molecule has 0 bridgehead atoms. The number of unbranched alkanes of at least 4 members (excludes halogenated alkanes) is 1. The average molecular weight is 210 g/mol. The van der Waals surface area contributed by atoms with Crippen molar-refractivity contribution in [2.24, 2.45) is 0 Å². The maximum absolute atomic E-state index is 10.3. The molecule has 84 valence electrons. The third-order valence-electron chi connectivity index (χ3n) is 2.28. The lowest BCUT2D eigenvalue weighted by molar-refractivity contribution is -0.137. The van der Waals surface area contributed by atoms with E-state index in [2.05, 4.69) is 6.92 Å². The van der Waals surface area contributed by atoms with Gasteiger partial charge in [-0.25, -0.2) is 0 Å². The van der Waals surface area contributed by atoms with Crippen molar-refractivity contribution < 1.29 is 14.3 Å². The molecule has 0 radical (unpaired) electrons. The molecule has 0 unspecified atom stereocenters. The first-order chi connectivity index (χ1) is 7.22. The lowest BCUT2D eigenvalue weighted by atomic mass is 10.1. The zero-order chi connectivity index (χ0) is 11.1. The van der Waals surface area contributed by atoms with Gasteiger partial charge in [0, 0.05) is 19.3 Å². The van der Waals surface area contributed by atoms with Gasteiger partial charge in [0.05, 0.1) is 0 Å². The van der Waals surface area contributed by atoms with E-state index in [9.17, 15) is 4.79 Å². The SMILES string of the molecule is CCCc1ccc(CCCCC(=O)O)o1. The highest BCUT2D eigenvalue weighted by Gasteiger charge is 2.02. The van der Waals surface area contributed by atoms with Gasteiger partial charge in [0.1, 0.15) is 11.5 Å². The lowest BCUT2D eigenvalue weighted by Crippen LogP contribution is -1.94. The summed E-state index contributed by atoms with van der Waals surface area (Å²) in [5.74, 6) is 1.29. The molecule has 1 rings (SSSR count). The fourth-order valence-corrected chi connectivity index (χ4v) is 1.51. The van der Waals surface area contributed by atoms with E-state index in [1.165, 1.54) is 0 Å². The van der Waals surface area contributed by atoms with E-state index in [1.54, 1.807) is 0 Å². The molecule has 1 aromatic heterocycles. The Balaban J connectivity index is 2.22. The van der Waals surface area contributed by atoms with E-state index >= 15 is 0 Å². The molecular formula is C12H18O3. The smallest absolute Gasteiger partial charge is 0.303 e. The van der Waals surface area contributed by atoms with Crippen LogP contribution in [0.3, 0.4) is 0 Å². The van der Waals surface area contributed by atoms with Gasteiger partial charge in [-0.15, -0.1) is 0 Å². The Hall–Kier alpha value is -1.25. The van der Waals surface area contributed by atoms with Gasteiger partial charge in [-0.05, 0) is 31.4 Å². The van der Waals surface area contributed by atoms with Gasteiger partial charge in [0.2, 0.25) is 0 Å². The molecule has 0 atom stereocenters. The number of hydrogen-bond donors (Lipinski definition) is 1. The van der Waals surface area contributed by atoms with Crippen molar-refractivity contribution in [3.8, 4) is 0 Å². The van der Waals surface area contributed by atoms with Crippen LogP contribution in [-0.2, 0) is 17.6 Å². The summed E-state index contributed by atoms with van der Waals surface area (Å²) >= 11 is 0. The summed E-state index contributed by atoms with van der Waals surface area (Å²) in [6.45, 7) is 2.12. The van der Waals surface area contributed by atoms with Gasteiger partial charge in [-0.1, -0.05) is 6.92 Å². The van der Waals surface area contributed by atoms with Crippen molar-refractivity contribution in [1.82, 2.24) is 0 Å². The maximum atomic E-state index is 10.3. The Bertz CT molecular complexity index is 302. The molecule has 1 aromatic rings. The Morgan fingerprint density at radius 1 is 1.27 bits per heavy atom. The van der Waals surface area contributed by atoms with Crippen LogP contribution in [0.5, 0.6) is 0 Å². The second-order valence-corrected chi connectivity index (χ2v) is 3.72. The fourth-order valence-electron chi connectivity index (χ4n) is 1.51. The minimum atomic E-state index is -0.721. The van der Waals surface area contributed by atoms with E-state index in [0.717, 1.165) is 43.6 Å². The zero-order valence-corrected chi connectivity index (χ0v) is 9.16. The maximum Gasteiger partial charge on any atom is 0.303 e. The summed E-state index contributed by atoms with van der Waals surface area (Å²) in [6.07, 6.45) is 4.77. The van der Waals surface area contributed by atoms with Crippen molar-refractivity contribution >= 4 is 5.97 Å². The predicted octanol–water partition coefficient (Wildman–Crippen LogP) is 3.03. The fraction of sp³-hybridized carbons (Fsp3) is 0.583. The Morgan fingerprint density at radius 2 is 1.93 bits per heavy atom. The van der Waals surface area contributed by atoms with Gasteiger partial charge >= 0.3 is 5.97 Å². The summed E-state index contributed by atoms with van der Waals surface area (Å²) in [5.41, 5.74) is 0. The molecule has 0 aliphatic heterocycles. The highest BCUT2D eigenvalue weighted by atomic mass is 16.4. The van der Waals surface area contributed by atoms with E-state index in [1.807, 2.05) is 12.1 Å². The van der Waals surface area contributed by atoms with E-state index in [0.29, 0.717) is 0 Å². The number of carboxylic acids is 1. The van der Waals surface area contributed by atoms with Crippen molar-refractivity contribution in [3.63, 3.8) is 0 Å². The number of carbonyl (C=O) groups is 1. The highest BCUT2D eigenvalue weighted by molar-refractivity contribution is 5.66. The number of hydrogen-bond acceptors (Lipinski definition) is 2. The number of rotatable bonds is 7. The zero-order valence-electron chi connectivity index (χ0n) is 9.16. The Kier molecular flexibility index (Phi) is 4.95. The molecule has 15 heavy (non-hydrogen) atoms. The second-order valence-electron chi connectivity index (χ2n) is 3.72. The van der Waals surface area contributed by atoms with Crippen molar-refractivity contribution in [2.75, 3.05) is 0 Å². The van der Waals surface area contributed by atoms with E-state index in [4.69, 9.17) is 9.52 Å². The third-order valence-corrected chi connectivity index (χ3v) is 2.28. The molecule has 0 aliphatic carbocycles. The van der Waals surface area contributed by atoms with Crippen LogP contribution in [-0.4, -0.2) is 11.1 Å². The first-order valence-electron chi connectivity index (χ1n) is 5.51. The number of furan rings is 1. The third kappa shape index (κ3) is 4.68. The van der Waals surface area contributed by atoms with Crippen molar-refractivity contribution in [2.45, 2.75) is 45.4 Å². The lowest BCUT2D eigenvalue weighted by Gasteiger charge is -1.96. The first-order valence-corrected chi connectivity index (χ1v) is 5.51. The van der Waals surface area contributed by atoms with Gasteiger partial charge in [-0.2, -0.15) is 0 Å². The standard InChI is InChI=1S/C12H18O3/c1-2-5-10-8-9-11(15-10)6-3-4-7-12(13)14/h8-9H,2-7H2,1H3,(H,13,14).